The van der Waals surface area contributed by atoms with Crippen molar-refractivity contribution < 1.29 is 63.7 Å². The van der Waals surface area contributed by atoms with Gasteiger partial charge in [0, 0.05) is 61.2 Å². The number of ether oxygens (including phenoxy) is 4. The monoisotopic (exact) mass is 822 g/mol. The minimum absolute atomic E-state index is 0.0332. The molecule has 3 aliphatic heterocycles. The maximum atomic E-state index is 14.4. The number of methoxy groups -OCH3 is 1. The quantitative estimate of drug-likeness (QED) is 0.0304. The summed E-state index contributed by atoms with van der Waals surface area (Å²) in [6.07, 6.45) is 8.51. The molecule has 0 aromatic heterocycles. The highest BCUT2D eigenvalue weighted by molar-refractivity contribution is 6.23. The summed E-state index contributed by atoms with van der Waals surface area (Å²) in [6.45, 7) is 16.3. The maximum Gasteiger partial charge on any atom is 0.312 e. The highest BCUT2D eigenvalue weighted by Gasteiger charge is 2.50. The van der Waals surface area contributed by atoms with E-state index in [0.29, 0.717) is 6.42 Å². The summed E-state index contributed by atoms with van der Waals surface area (Å²) in [6, 6.07) is 0. The fraction of sp³-hybridized carbons (Fsp3) is 0.500. The number of amides is 1. The second-order valence-electron chi connectivity index (χ2n) is 15.5. The number of allylic oxidation sites excluding steroid dienone is 3. The van der Waals surface area contributed by atoms with Crippen molar-refractivity contribution in [3.8, 4) is 23.0 Å². The molecule has 1 amide bonds. The van der Waals surface area contributed by atoms with Gasteiger partial charge in [-0.25, -0.2) is 0 Å². The molecule has 59 heavy (non-hydrogen) atoms. The molecule has 9 atom stereocenters. The smallest absolute Gasteiger partial charge is 0.312 e. The van der Waals surface area contributed by atoms with E-state index in [0.717, 1.165) is 19.1 Å². The first-order valence-corrected chi connectivity index (χ1v) is 19.7. The van der Waals surface area contributed by atoms with Crippen LogP contribution >= 0.6 is 0 Å². The number of nitrogens with zero attached hydrogens (tertiary/aromatic N) is 1. The second kappa shape index (κ2) is 19.6. The van der Waals surface area contributed by atoms with Gasteiger partial charge in [-0.3, -0.25) is 14.4 Å². The number of ketones is 1. The molecule has 0 fully saturated rings. The van der Waals surface area contributed by atoms with Crippen molar-refractivity contribution in [2.45, 2.75) is 105 Å². The normalized spacial score (nSPS) is 28.0. The number of aliphatic hydroxyl groups is 2. The number of nitrogens with one attached hydrogen (secondary N) is 1. The van der Waals surface area contributed by atoms with E-state index < -0.39 is 88.8 Å². The Morgan fingerprint density at radius 3 is 2.32 bits per heavy atom. The molecule has 0 spiro atoms. The Bertz CT molecular complexity index is 2040. The van der Waals surface area contributed by atoms with Crippen molar-refractivity contribution in [3.63, 3.8) is 0 Å². The van der Waals surface area contributed by atoms with Crippen LogP contribution in [0.5, 0.6) is 23.0 Å². The Morgan fingerprint density at radius 2 is 1.68 bits per heavy atom. The lowest BCUT2D eigenvalue weighted by Crippen LogP contribution is -2.46. The average molecular weight is 823 g/mol. The number of anilines is 1. The lowest BCUT2D eigenvalue weighted by atomic mass is 9.78. The number of unbranched alkanes of at least 4 members (excludes halogenated alkanes) is 2. The van der Waals surface area contributed by atoms with Crippen LogP contribution in [0.1, 0.15) is 89.2 Å². The predicted molar refractivity (Wildman–Crippen MR) is 221 cm³/mol. The Hall–Kier alpha value is -5.38. The van der Waals surface area contributed by atoms with Crippen molar-refractivity contribution in [2.24, 2.45) is 28.8 Å². The van der Waals surface area contributed by atoms with Crippen LogP contribution in [-0.4, -0.2) is 93.3 Å². The molecule has 15 heteroatoms. The number of carbonyl (C=O) groups excluding carboxylic acids is 3. The molecular formula is C44H58N2O13. The van der Waals surface area contributed by atoms with E-state index in [2.05, 4.69) is 17.1 Å². The number of oxime groups is 1. The summed E-state index contributed by atoms with van der Waals surface area (Å²) in [5.41, 5.74) is -0.610. The molecular weight excluding hydrogens is 764 g/mol. The third-order valence-electron chi connectivity index (χ3n) is 11.2. The Kier molecular flexibility index (Phi) is 15.4. The van der Waals surface area contributed by atoms with Gasteiger partial charge in [-0.1, -0.05) is 57.2 Å². The molecule has 5 bridgehead atoms. The van der Waals surface area contributed by atoms with Crippen LogP contribution in [0.4, 0.5) is 5.69 Å². The van der Waals surface area contributed by atoms with Gasteiger partial charge in [-0.2, -0.15) is 0 Å². The third kappa shape index (κ3) is 9.75. The minimum atomic E-state index is -2.06. The zero-order valence-corrected chi connectivity index (χ0v) is 35.1. The second-order valence-corrected chi connectivity index (χ2v) is 15.5. The number of phenolic OH excluding ortho intramolecular Hbond substituents is 3. The number of esters is 1. The summed E-state index contributed by atoms with van der Waals surface area (Å²) in [5.74, 6) is -8.64. The standard InChI is InChI=1S/C44H58N2O13/c1-11-12-13-14-19-57-45-21-29-34-39(52)32-31(38(29)51)33-41(27(7)37(32)50)59-44(9,42(33)53)56-20-18-30(55-10)24(4)40(58-28(8)47)26(6)36(49)25(5)35(48)22(2)16-15-17-23(3)43(54)46-34/h11,15-18,20-22,24-26,30,35-36,40,48-52H,1,12-14,19H2,2-10H3,(H,46,54)/t22-,24+,25-,26-,30+,35+,36-,40+,44+/m1/s1. The Balaban J connectivity index is 1.94. The number of aliphatic hydroxyl groups excluding tert-OH is 2. The number of hydrogen-bond donors (Lipinski definition) is 6. The van der Waals surface area contributed by atoms with E-state index in [-0.39, 0.29) is 51.1 Å². The molecule has 3 aliphatic rings. The molecule has 2 aromatic rings. The van der Waals surface area contributed by atoms with Crippen molar-refractivity contribution in [1.29, 1.82) is 0 Å². The maximum absolute atomic E-state index is 14.4. The lowest BCUT2D eigenvalue weighted by molar-refractivity contribution is -0.160. The van der Waals surface area contributed by atoms with Gasteiger partial charge in [0.05, 0.1) is 53.0 Å². The zero-order valence-electron chi connectivity index (χ0n) is 35.1. The molecule has 0 unspecified atom stereocenters. The van der Waals surface area contributed by atoms with E-state index in [1.54, 1.807) is 45.9 Å². The first-order chi connectivity index (χ1) is 27.8. The van der Waals surface area contributed by atoms with Crippen LogP contribution in [0, 0.1) is 30.6 Å². The van der Waals surface area contributed by atoms with Crippen LogP contribution in [0.15, 0.2) is 53.9 Å². The number of carbonyl (C=O) groups is 3. The highest BCUT2D eigenvalue weighted by atomic mass is 16.7. The van der Waals surface area contributed by atoms with Gasteiger partial charge in [-0.15, -0.1) is 6.58 Å². The number of benzene rings is 2. The van der Waals surface area contributed by atoms with E-state index >= 15 is 0 Å². The zero-order chi connectivity index (χ0) is 43.9. The fourth-order valence-electron chi connectivity index (χ4n) is 7.47. The Labute approximate surface area is 344 Å². The number of Topliss-reactive ketones (excluding diaryl/α,β-unsaturated/α-hetero) is 1. The van der Waals surface area contributed by atoms with E-state index in [1.165, 1.54) is 53.2 Å². The largest absolute Gasteiger partial charge is 0.507 e. The molecule has 0 saturated heterocycles. The van der Waals surface area contributed by atoms with Gasteiger partial charge in [0.2, 0.25) is 0 Å². The number of aromatic hydroxyl groups is 3. The summed E-state index contributed by atoms with van der Waals surface area (Å²) in [5, 5.41) is 64.0. The van der Waals surface area contributed by atoms with Crippen LogP contribution in [0.3, 0.4) is 0 Å². The van der Waals surface area contributed by atoms with Crippen LogP contribution < -0.4 is 10.1 Å². The first-order valence-electron chi connectivity index (χ1n) is 19.7. The van der Waals surface area contributed by atoms with Gasteiger partial charge in [0.25, 0.3) is 11.7 Å². The van der Waals surface area contributed by atoms with Crippen molar-refractivity contribution >= 4 is 40.3 Å². The molecule has 0 aliphatic carbocycles. The van der Waals surface area contributed by atoms with Gasteiger partial charge in [-0.05, 0) is 39.2 Å². The molecule has 322 valence electrons. The van der Waals surface area contributed by atoms with E-state index in [4.69, 9.17) is 23.8 Å². The lowest BCUT2D eigenvalue weighted by Gasteiger charge is -2.38. The van der Waals surface area contributed by atoms with Crippen molar-refractivity contribution in [2.75, 3.05) is 19.0 Å². The summed E-state index contributed by atoms with van der Waals surface area (Å²) in [4.78, 5) is 45.7. The molecule has 0 saturated carbocycles. The first kappa shape index (κ1) is 46.3. The average Bonchev–Trinajstić information content (AvgIpc) is 3.46. The molecule has 0 radical (unpaired) electrons. The van der Waals surface area contributed by atoms with Crippen LogP contribution in [0.2, 0.25) is 0 Å². The SMILES string of the molecule is C=CCCCCON=Cc1c2c(O)c3c(O)c(C)c4c(c3c1O)C(=O)[C@@](C)(OC=C[C@H](OC)[C@H](C)[C@H](OC(C)=O)[C@H](C)[C@H](O)[C@H](C)[C@@H](O)[C@H](C)C=CC=C(C)C(=O)N2)O4. The number of phenols is 3. The predicted octanol–water partition coefficient (Wildman–Crippen LogP) is 6.46. The number of hydrogen-bond acceptors (Lipinski definition) is 14. The van der Waals surface area contributed by atoms with Crippen molar-refractivity contribution in [1.82, 2.24) is 0 Å². The molecule has 6 N–H and O–H groups in total. The van der Waals surface area contributed by atoms with Gasteiger partial charge < -0.3 is 54.6 Å². The number of rotatable bonds is 9. The summed E-state index contributed by atoms with van der Waals surface area (Å²) >= 11 is 0. The Morgan fingerprint density at radius 1 is 0.983 bits per heavy atom. The minimum Gasteiger partial charge on any atom is -0.507 e. The summed E-state index contributed by atoms with van der Waals surface area (Å²) < 4.78 is 23.5. The fourth-order valence-corrected chi connectivity index (χ4v) is 7.47. The highest BCUT2D eigenvalue weighted by Crippen LogP contribution is 2.55. The number of fused-ring (bicyclic) bond motifs is 14. The van der Waals surface area contributed by atoms with Crippen LogP contribution in [-0.2, 0) is 28.6 Å². The summed E-state index contributed by atoms with van der Waals surface area (Å²) in [7, 11) is 1.43. The van der Waals surface area contributed by atoms with Crippen molar-refractivity contribution in [3.05, 3.63) is 65.5 Å². The van der Waals surface area contributed by atoms with Crippen LogP contribution in [0.25, 0.3) is 10.8 Å². The molecule has 15 nitrogen and oxygen atoms in total. The van der Waals surface area contributed by atoms with Gasteiger partial charge >= 0.3 is 11.8 Å². The van der Waals surface area contributed by atoms with E-state index in [1.807, 2.05) is 0 Å². The molecule has 5 rings (SSSR count). The topological polar surface area (TPSA) is 223 Å². The molecule has 3 heterocycles. The third-order valence-corrected chi connectivity index (χ3v) is 11.2. The van der Waals surface area contributed by atoms with Gasteiger partial charge in [0.1, 0.15) is 30.0 Å². The van der Waals surface area contributed by atoms with Gasteiger partial charge in [0.15, 0.2) is 5.75 Å². The van der Waals surface area contributed by atoms with E-state index in [9.17, 15) is 39.9 Å². The molecule has 2 aromatic carbocycles.